The van der Waals surface area contributed by atoms with E-state index in [2.05, 4.69) is 0 Å². The molecule has 0 amide bonds. The molecule has 9 N–H and O–H groups in total. The van der Waals surface area contributed by atoms with Gasteiger partial charge in [0, 0.05) is 12.8 Å². The van der Waals surface area contributed by atoms with Crippen LogP contribution in [0.4, 0.5) is 0 Å². The normalized spacial score (nSPS) is 17.6. The van der Waals surface area contributed by atoms with Gasteiger partial charge < -0.3 is 60.2 Å². The Bertz CT molecular complexity index is 906. The minimum atomic E-state index is -1.92. The van der Waals surface area contributed by atoms with Gasteiger partial charge in [0.2, 0.25) is 0 Å². The Morgan fingerprint density at radius 2 is 0.882 bits per heavy atom. The van der Waals surface area contributed by atoms with E-state index >= 15 is 0 Å². The summed E-state index contributed by atoms with van der Waals surface area (Å²) in [6.07, 6.45) is -5.43. The number of aliphatic hydroxyl groups is 9. The second-order valence-corrected chi connectivity index (χ2v) is 13.6. The van der Waals surface area contributed by atoms with Gasteiger partial charge in [-0.15, -0.1) is 0 Å². The summed E-state index contributed by atoms with van der Waals surface area (Å²) in [5.41, 5.74) is 0. The Kier molecular flexibility index (Phi) is 28.4. The highest BCUT2D eigenvalue weighted by atomic mass is 16.6. The predicted molar refractivity (Wildman–Crippen MR) is 186 cm³/mol. The maximum Gasteiger partial charge on any atom is 0.308 e. The summed E-state index contributed by atoms with van der Waals surface area (Å²) in [5, 5.41) is 89.5. The maximum atomic E-state index is 12.8. The Morgan fingerprint density at radius 3 is 1.31 bits per heavy atom. The molecule has 302 valence electrons. The number of ether oxygens (including phenoxy) is 3. The Hall–Kier alpha value is -1.95. The van der Waals surface area contributed by atoms with Gasteiger partial charge in [-0.3, -0.25) is 14.4 Å². The van der Waals surface area contributed by atoms with Gasteiger partial charge in [0.05, 0.1) is 50.3 Å². The summed E-state index contributed by atoms with van der Waals surface area (Å²) < 4.78 is 16.0. The highest BCUT2D eigenvalue weighted by Gasteiger charge is 2.31. The van der Waals surface area contributed by atoms with Crippen molar-refractivity contribution in [2.45, 2.75) is 197 Å². The minimum absolute atomic E-state index is 0.0359. The fourth-order valence-corrected chi connectivity index (χ4v) is 5.56. The van der Waals surface area contributed by atoms with Crippen molar-refractivity contribution >= 4 is 17.9 Å². The van der Waals surface area contributed by atoms with Crippen molar-refractivity contribution in [3.8, 4) is 0 Å². The lowest BCUT2D eigenvalue weighted by Crippen LogP contribution is -2.47. The number of esters is 3. The van der Waals surface area contributed by atoms with Crippen LogP contribution < -0.4 is 0 Å². The van der Waals surface area contributed by atoms with Gasteiger partial charge in [-0.1, -0.05) is 65.7 Å². The lowest BCUT2D eigenvalue weighted by atomic mass is 10.0. The van der Waals surface area contributed by atoms with Crippen molar-refractivity contribution in [2.75, 3.05) is 13.2 Å². The van der Waals surface area contributed by atoms with Crippen LogP contribution in [0.3, 0.4) is 0 Å². The van der Waals surface area contributed by atoms with E-state index in [9.17, 15) is 55.2 Å². The van der Waals surface area contributed by atoms with Crippen molar-refractivity contribution in [2.24, 2.45) is 0 Å². The average molecular weight is 741 g/mol. The Morgan fingerprint density at radius 1 is 0.490 bits per heavy atom. The molecular formula is C36H68O15. The molecule has 0 spiro atoms. The van der Waals surface area contributed by atoms with E-state index in [-0.39, 0.29) is 25.7 Å². The third-order valence-corrected chi connectivity index (χ3v) is 8.56. The first-order valence-electron chi connectivity index (χ1n) is 18.8. The van der Waals surface area contributed by atoms with Crippen molar-refractivity contribution in [1.29, 1.82) is 0 Å². The third kappa shape index (κ3) is 24.8. The van der Waals surface area contributed by atoms with E-state index < -0.39 is 105 Å². The molecule has 0 aromatic heterocycles. The van der Waals surface area contributed by atoms with Gasteiger partial charge in [0.25, 0.3) is 0 Å². The second-order valence-electron chi connectivity index (χ2n) is 13.6. The molecule has 0 saturated carbocycles. The number of carbonyl (C=O) groups excluding carboxylic acids is 3. The molecule has 0 unspecified atom stereocenters. The summed E-state index contributed by atoms with van der Waals surface area (Å²) in [7, 11) is 0. The third-order valence-electron chi connectivity index (χ3n) is 8.56. The molecule has 15 heteroatoms. The van der Waals surface area contributed by atoms with Crippen LogP contribution in [0.15, 0.2) is 0 Å². The molecule has 51 heavy (non-hydrogen) atoms. The fourth-order valence-electron chi connectivity index (χ4n) is 5.56. The highest BCUT2D eigenvalue weighted by molar-refractivity contribution is 5.71. The molecule has 0 aliphatic rings. The monoisotopic (exact) mass is 740 g/mol. The maximum absolute atomic E-state index is 12.8. The SMILES string of the molecule is CCCCC[C@@H](O)C[C@H](O)CC(=O)O[C@@H](CCCCC)C[C@H](O)CC(=O)O[C@@H](CCCCC)C[C@H](O)CC(=O)OC[C@H](O)[C@H](O)[C@H](O)[C@H](O)CO. The van der Waals surface area contributed by atoms with Gasteiger partial charge in [0.15, 0.2) is 0 Å². The quantitative estimate of drug-likeness (QED) is 0.0268. The number of rotatable bonds is 32. The number of unbranched alkanes of at least 4 members (excludes halogenated alkanes) is 6. The van der Waals surface area contributed by atoms with Crippen molar-refractivity contribution in [3.05, 3.63) is 0 Å². The molecule has 0 aliphatic carbocycles. The van der Waals surface area contributed by atoms with Crippen molar-refractivity contribution < 1.29 is 74.6 Å². The summed E-state index contributed by atoms with van der Waals surface area (Å²) in [6.45, 7) is 4.43. The van der Waals surface area contributed by atoms with E-state index in [4.69, 9.17) is 19.3 Å². The van der Waals surface area contributed by atoms with E-state index in [1.54, 1.807) is 0 Å². The van der Waals surface area contributed by atoms with Gasteiger partial charge in [-0.2, -0.15) is 0 Å². The van der Waals surface area contributed by atoms with Gasteiger partial charge in [-0.25, -0.2) is 0 Å². The van der Waals surface area contributed by atoms with E-state index in [0.29, 0.717) is 25.7 Å². The molecule has 0 aromatic rings. The van der Waals surface area contributed by atoms with Gasteiger partial charge >= 0.3 is 17.9 Å². The molecule has 0 bridgehead atoms. The van der Waals surface area contributed by atoms with Crippen LogP contribution in [0.5, 0.6) is 0 Å². The van der Waals surface area contributed by atoms with E-state index in [0.717, 1.165) is 51.4 Å². The lowest BCUT2D eigenvalue weighted by Gasteiger charge is -2.25. The van der Waals surface area contributed by atoms with Gasteiger partial charge in [0.1, 0.15) is 43.2 Å². The number of hydrogen-bond donors (Lipinski definition) is 9. The first kappa shape index (κ1) is 49.0. The first-order chi connectivity index (χ1) is 24.2. The molecule has 0 saturated heterocycles. The molecule has 15 nitrogen and oxygen atoms in total. The Labute approximate surface area is 302 Å². The summed E-state index contributed by atoms with van der Waals surface area (Å²) in [6, 6.07) is 0. The number of aliphatic hydroxyl groups excluding tert-OH is 9. The molecule has 0 rings (SSSR count). The molecule has 0 fully saturated rings. The van der Waals surface area contributed by atoms with Crippen molar-refractivity contribution in [3.63, 3.8) is 0 Å². The minimum Gasteiger partial charge on any atom is -0.463 e. The first-order valence-corrected chi connectivity index (χ1v) is 18.8. The zero-order valence-corrected chi connectivity index (χ0v) is 30.9. The van der Waals surface area contributed by atoms with E-state index in [1.165, 1.54) is 0 Å². The Balaban J connectivity index is 5.08. The van der Waals surface area contributed by atoms with Crippen LogP contribution in [0, 0.1) is 0 Å². The topological polar surface area (TPSA) is 261 Å². The van der Waals surface area contributed by atoms with Crippen LogP contribution in [-0.4, -0.2) is 138 Å². The van der Waals surface area contributed by atoms with Crippen LogP contribution in [0.25, 0.3) is 0 Å². The second kappa shape index (κ2) is 29.5. The van der Waals surface area contributed by atoms with Crippen LogP contribution >= 0.6 is 0 Å². The van der Waals surface area contributed by atoms with Crippen LogP contribution in [-0.2, 0) is 28.6 Å². The smallest absolute Gasteiger partial charge is 0.308 e. The molecular weight excluding hydrogens is 672 g/mol. The van der Waals surface area contributed by atoms with Crippen LogP contribution in [0.2, 0.25) is 0 Å². The summed E-state index contributed by atoms with van der Waals surface area (Å²) >= 11 is 0. The zero-order valence-electron chi connectivity index (χ0n) is 30.9. The largest absolute Gasteiger partial charge is 0.463 e. The number of carbonyl (C=O) groups is 3. The van der Waals surface area contributed by atoms with E-state index in [1.807, 2.05) is 20.8 Å². The van der Waals surface area contributed by atoms with Gasteiger partial charge in [-0.05, 0) is 38.5 Å². The standard InChI is InChI=1S/C36H68O15/c1-4-7-10-13-24(38)16-25(39)20-33(45)50-29(15-12-9-6-3)18-27(41)21-34(46)51-28(14-11-8-5-2)17-26(40)19-32(44)49-23-31(43)36(48)35(47)30(42)22-37/h24-31,35-43,47-48H,4-23H2,1-3H3/t24-,25+,26+,27+,28+,29+,30-,31+,35-,36+/m1/s1. The predicted octanol–water partition coefficient (Wildman–Crippen LogP) is 1.31. The lowest BCUT2D eigenvalue weighted by molar-refractivity contribution is -0.159. The van der Waals surface area contributed by atoms with Crippen molar-refractivity contribution in [1.82, 2.24) is 0 Å². The molecule has 10 atom stereocenters. The summed E-state index contributed by atoms with van der Waals surface area (Å²) in [5.74, 6) is -2.35. The molecule has 0 heterocycles. The fraction of sp³-hybridized carbons (Fsp3) is 0.917. The average Bonchev–Trinajstić information content (AvgIpc) is 3.05. The van der Waals surface area contributed by atoms with Crippen LogP contribution in [0.1, 0.15) is 136 Å². The molecule has 0 aliphatic heterocycles. The zero-order chi connectivity index (χ0) is 38.8. The molecule has 0 radical (unpaired) electrons. The summed E-state index contributed by atoms with van der Waals surface area (Å²) in [4.78, 5) is 37.7. The molecule has 0 aromatic carbocycles. The number of hydrogen-bond acceptors (Lipinski definition) is 15. The highest BCUT2D eigenvalue weighted by Crippen LogP contribution is 2.20.